The summed E-state index contributed by atoms with van der Waals surface area (Å²) in [6.07, 6.45) is 0.413. The van der Waals surface area contributed by atoms with Crippen LogP contribution < -0.4 is 15.0 Å². The van der Waals surface area contributed by atoms with Crippen molar-refractivity contribution in [1.82, 2.24) is 4.90 Å². The van der Waals surface area contributed by atoms with Gasteiger partial charge in [0, 0.05) is 25.2 Å². The summed E-state index contributed by atoms with van der Waals surface area (Å²) in [6.45, 7) is 8.78. The van der Waals surface area contributed by atoms with Crippen LogP contribution in [-0.2, 0) is 14.4 Å². The second-order valence-electron chi connectivity index (χ2n) is 6.66. The fourth-order valence-corrected chi connectivity index (χ4v) is 2.85. The van der Waals surface area contributed by atoms with Gasteiger partial charge in [-0.2, -0.15) is 0 Å². The molecule has 0 radical (unpaired) electrons. The average Bonchev–Trinajstić information content (AvgIpc) is 2.58. The first-order valence-electron chi connectivity index (χ1n) is 9.00. The van der Waals surface area contributed by atoms with Gasteiger partial charge in [0.15, 0.2) is 6.61 Å². The highest BCUT2D eigenvalue weighted by atomic mass is 16.5. The van der Waals surface area contributed by atoms with Crippen LogP contribution in [0.25, 0.3) is 0 Å². The van der Waals surface area contributed by atoms with Crippen LogP contribution in [0, 0.1) is 5.92 Å². The second-order valence-corrected chi connectivity index (χ2v) is 6.66. The van der Waals surface area contributed by atoms with Crippen LogP contribution in [-0.4, -0.2) is 48.9 Å². The van der Waals surface area contributed by atoms with Crippen molar-refractivity contribution in [2.24, 2.45) is 5.92 Å². The molecule has 7 nitrogen and oxygen atoms in total. The molecule has 0 spiro atoms. The molecule has 1 aromatic carbocycles. The number of ether oxygens (including phenoxy) is 1. The first-order valence-corrected chi connectivity index (χ1v) is 9.00. The fourth-order valence-electron chi connectivity index (χ4n) is 2.85. The molecule has 3 amide bonds. The maximum atomic E-state index is 12.4. The zero-order valence-electron chi connectivity index (χ0n) is 15.9. The lowest BCUT2D eigenvalue weighted by Gasteiger charge is -2.31. The number of carbonyl (C=O) groups is 3. The van der Waals surface area contributed by atoms with Crippen molar-refractivity contribution in [2.75, 3.05) is 36.5 Å². The first kappa shape index (κ1) is 19.8. The van der Waals surface area contributed by atoms with Crippen LogP contribution >= 0.6 is 0 Å². The summed E-state index contributed by atoms with van der Waals surface area (Å²) in [6, 6.07) is 5.12. The smallest absolute Gasteiger partial charge is 0.265 e. The summed E-state index contributed by atoms with van der Waals surface area (Å²) in [4.78, 5) is 39.9. The number of anilines is 2. The Hall–Kier alpha value is -2.57. The molecule has 1 aromatic rings. The molecule has 0 saturated heterocycles. The Bertz CT molecular complexity index is 683. The SMILES string of the molecule is CCN(CC)C(=O)CN1C(=O)COc2ccc(NC(=O)CC(C)C)cc21. The highest BCUT2D eigenvalue weighted by molar-refractivity contribution is 6.03. The van der Waals surface area contributed by atoms with E-state index >= 15 is 0 Å². The summed E-state index contributed by atoms with van der Waals surface area (Å²) in [7, 11) is 0. The number of hydrogen-bond acceptors (Lipinski definition) is 4. The van der Waals surface area contributed by atoms with Gasteiger partial charge in [0.05, 0.1) is 5.69 Å². The summed E-state index contributed by atoms with van der Waals surface area (Å²) >= 11 is 0. The number of hydrogen-bond donors (Lipinski definition) is 1. The minimum absolute atomic E-state index is 0.0414. The molecular formula is C19H27N3O4. The predicted molar refractivity (Wildman–Crippen MR) is 100 cm³/mol. The Morgan fingerprint density at radius 3 is 2.58 bits per heavy atom. The molecule has 0 aliphatic carbocycles. The molecule has 1 heterocycles. The van der Waals surface area contributed by atoms with E-state index in [1.807, 2.05) is 27.7 Å². The third-order valence-corrected chi connectivity index (χ3v) is 4.19. The zero-order valence-corrected chi connectivity index (χ0v) is 15.9. The van der Waals surface area contributed by atoms with Gasteiger partial charge in [-0.25, -0.2) is 0 Å². The maximum absolute atomic E-state index is 12.4. The van der Waals surface area contributed by atoms with E-state index < -0.39 is 0 Å². The molecule has 142 valence electrons. The van der Waals surface area contributed by atoms with E-state index in [4.69, 9.17) is 4.74 Å². The van der Waals surface area contributed by atoms with Gasteiger partial charge in [0.2, 0.25) is 11.8 Å². The second kappa shape index (κ2) is 8.69. The largest absolute Gasteiger partial charge is 0.482 e. The van der Waals surface area contributed by atoms with Crippen LogP contribution in [0.1, 0.15) is 34.1 Å². The lowest BCUT2D eigenvalue weighted by molar-refractivity contribution is -0.131. The molecule has 7 heteroatoms. The Kier molecular flexibility index (Phi) is 6.60. The van der Waals surface area contributed by atoms with E-state index in [0.717, 1.165) is 0 Å². The van der Waals surface area contributed by atoms with E-state index in [1.54, 1.807) is 23.1 Å². The van der Waals surface area contributed by atoms with Crippen LogP contribution in [0.4, 0.5) is 11.4 Å². The van der Waals surface area contributed by atoms with Gasteiger partial charge in [-0.1, -0.05) is 13.8 Å². The molecule has 26 heavy (non-hydrogen) atoms. The fraction of sp³-hybridized carbons (Fsp3) is 0.526. The number of fused-ring (bicyclic) bond motifs is 1. The normalized spacial score (nSPS) is 13.3. The summed E-state index contributed by atoms with van der Waals surface area (Å²) < 4.78 is 5.46. The topological polar surface area (TPSA) is 79.0 Å². The number of likely N-dealkylation sites (N-methyl/N-ethyl adjacent to an activating group) is 1. The number of carbonyl (C=O) groups excluding carboxylic acids is 3. The number of benzene rings is 1. The number of rotatable bonds is 7. The van der Waals surface area contributed by atoms with E-state index in [0.29, 0.717) is 36.6 Å². The highest BCUT2D eigenvalue weighted by Gasteiger charge is 2.29. The molecule has 1 aliphatic rings. The Morgan fingerprint density at radius 1 is 1.27 bits per heavy atom. The predicted octanol–water partition coefficient (Wildman–Crippen LogP) is 2.26. The number of nitrogens with one attached hydrogen (secondary N) is 1. The third kappa shape index (κ3) is 4.74. The lowest BCUT2D eigenvalue weighted by atomic mass is 10.1. The van der Waals surface area contributed by atoms with Crippen molar-refractivity contribution in [1.29, 1.82) is 0 Å². The summed E-state index contributed by atoms with van der Waals surface area (Å²) in [5.74, 6) is 0.294. The van der Waals surface area contributed by atoms with Crippen molar-refractivity contribution in [3.63, 3.8) is 0 Å². The monoisotopic (exact) mass is 361 g/mol. The van der Waals surface area contributed by atoms with Crippen molar-refractivity contribution in [3.05, 3.63) is 18.2 Å². The van der Waals surface area contributed by atoms with E-state index in [1.165, 1.54) is 4.90 Å². The van der Waals surface area contributed by atoms with E-state index in [9.17, 15) is 14.4 Å². The molecule has 1 aliphatic heterocycles. The lowest BCUT2D eigenvalue weighted by Crippen LogP contribution is -2.46. The van der Waals surface area contributed by atoms with Crippen LogP contribution in [0.2, 0.25) is 0 Å². The molecule has 0 atom stereocenters. The highest BCUT2D eigenvalue weighted by Crippen LogP contribution is 2.34. The van der Waals surface area contributed by atoms with Gasteiger partial charge in [-0.3, -0.25) is 19.3 Å². The van der Waals surface area contributed by atoms with E-state index in [-0.39, 0.29) is 36.8 Å². The number of amides is 3. The van der Waals surface area contributed by atoms with Crippen molar-refractivity contribution < 1.29 is 19.1 Å². The molecule has 0 aromatic heterocycles. The Morgan fingerprint density at radius 2 is 1.96 bits per heavy atom. The van der Waals surface area contributed by atoms with Gasteiger partial charge in [-0.05, 0) is 38.0 Å². The van der Waals surface area contributed by atoms with Gasteiger partial charge in [0.1, 0.15) is 12.3 Å². The van der Waals surface area contributed by atoms with Gasteiger partial charge in [0.25, 0.3) is 5.91 Å². The first-order chi connectivity index (χ1) is 12.3. The van der Waals surface area contributed by atoms with E-state index in [2.05, 4.69) is 5.32 Å². The van der Waals surface area contributed by atoms with Gasteiger partial charge in [-0.15, -0.1) is 0 Å². The van der Waals surface area contributed by atoms with Crippen molar-refractivity contribution in [3.8, 4) is 5.75 Å². The Labute approximate surface area is 154 Å². The van der Waals surface area contributed by atoms with Crippen LogP contribution in [0.5, 0.6) is 5.75 Å². The Balaban J connectivity index is 2.22. The number of nitrogens with zero attached hydrogens (tertiary/aromatic N) is 2. The quantitative estimate of drug-likeness (QED) is 0.808. The molecule has 0 fully saturated rings. The maximum Gasteiger partial charge on any atom is 0.265 e. The molecule has 1 N–H and O–H groups in total. The van der Waals surface area contributed by atoms with Crippen molar-refractivity contribution >= 4 is 29.1 Å². The molecule has 2 rings (SSSR count). The molecule has 0 bridgehead atoms. The molecule has 0 unspecified atom stereocenters. The third-order valence-electron chi connectivity index (χ3n) is 4.19. The average molecular weight is 361 g/mol. The molecular weight excluding hydrogens is 334 g/mol. The molecule has 0 saturated carbocycles. The summed E-state index contributed by atoms with van der Waals surface area (Å²) in [5.41, 5.74) is 1.08. The zero-order chi connectivity index (χ0) is 19.3. The minimum atomic E-state index is -0.274. The van der Waals surface area contributed by atoms with Crippen molar-refractivity contribution in [2.45, 2.75) is 34.1 Å². The standard InChI is InChI=1S/C19H27N3O4/c1-5-21(6-2)18(24)11-22-15-10-14(20-17(23)9-13(3)4)7-8-16(15)26-12-19(22)25/h7-8,10,13H,5-6,9,11-12H2,1-4H3,(H,20,23). The van der Waals surface area contributed by atoms with Crippen LogP contribution in [0.15, 0.2) is 18.2 Å². The van der Waals surface area contributed by atoms with Crippen LogP contribution in [0.3, 0.4) is 0 Å². The minimum Gasteiger partial charge on any atom is -0.482 e. The van der Waals surface area contributed by atoms with Gasteiger partial charge < -0.3 is 15.0 Å². The van der Waals surface area contributed by atoms with Gasteiger partial charge >= 0.3 is 0 Å². The summed E-state index contributed by atoms with van der Waals surface area (Å²) in [5, 5.41) is 2.83.